The number of aromatic nitrogens is 1. The van der Waals surface area contributed by atoms with Crippen LogP contribution in [-0.4, -0.2) is 16.1 Å². The van der Waals surface area contributed by atoms with Crippen molar-refractivity contribution in [2.75, 3.05) is 0 Å². The van der Waals surface area contributed by atoms with Gasteiger partial charge in [-0.25, -0.2) is 14.2 Å². The van der Waals surface area contributed by atoms with E-state index in [0.717, 1.165) is 12.3 Å². The van der Waals surface area contributed by atoms with Gasteiger partial charge in [-0.15, -0.1) is 0 Å². The van der Waals surface area contributed by atoms with Gasteiger partial charge in [0.15, 0.2) is 0 Å². The van der Waals surface area contributed by atoms with Crippen LogP contribution in [0, 0.1) is 31.0 Å². The molecule has 2 rings (SSSR count). The van der Waals surface area contributed by atoms with E-state index in [0.29, 0.717) is 22.4 Å². The van der Waals surface area contributed by atoms with Gasteiger partial charge in [0, 0.05) is 0 Å². The largest absolute Gasteiger partial charge is 0.477 e. The first kappa shape index (κ1) is 14.5. The summed E-state index contributed by atoms with van der Waals surface area (Å²) < 4.78 is 18.6. The Labute approximate surface area is 120 Å². The maximum absolute atomic E-state index is 13.1. The number of aromatic carboxylic acids is 1. The summed E-state index contributed by atoms with van der Waals surface area (Å²) in [7, 11) is 0. The minimum atomic E-state index is -1.33. The van der Waals surface area contributed by atoms with Crippen LogP contribution in [-0.2, 0) is 0 Å². The third-order valence-electron chi connectivity index (χ3n) is 2.84. The molecule has 1 aromatic heterocycles. The van der Waals surface area contributed by atoms with E-state index in [1.807, 2.05) is 6.07 Å². The number of halogens is 1. The maximum Gasteiger partial charge on any atom is 0.341 e. The SMILES string of the molecule is Cc1cc(C#N)cc(C)c1Oc1ncc(F)cc1C(=O)O. The summed E-state index contributed by atoms with van der Waals surface area (Å²) in [6, 6.07) is 6.10. The molecule has 0 aliphatic heterocycles. The van der Waals surface area contributed by atoms with Gasteiger partial charge in [-0.05, 0) is 43.2 Å². The number of nitrogens with zero attached hydrogens (tertiary/aromatic N) is 2. The Balaban J connectivity index is 2.49. The van der Waals surface area contributed by atoms with Crippen molar-refractivity contribution >= 4 is 5.97 Å². The number of carboxylic acid groups (broad SMARTS) is 1. The summed E-state index contributed by atoms with van der Waals surface area (Å²) in [5, 5.41) is 18.0. The zero-order valence-electron chi connectivity index (χ0n) is 11.3. The molecule has 0 aliphatic rings. The van der Waals surface area contributed by atoms with E-state index in [9.17, 15) is 9.18 Å². The first-order valence-corrected chi connectivity index (χ1v) is 6.00. The Kier molecular flexibility index (Phi) is 3.85. The van der Waals surface area contributed by atoms with Crippen molar-refractivity contribution in [2.45, 2.75) is 13.8 Å². The molecule has 0 radical (unpaired) electrons. The van der Waals surface area contributed by atoms with Crippen LogP contribution in [0.4, 0.5) is 4.39 Å². The van der Waals surface area contributed by atoms with Gasteiger partial charge in [0.25, 0.3) is 0 Å². The number of carboxylic acids is 1. The van der Waals surface area contributed by atoms with E-state index >= 15 is 0 Å². The summed E-state index contributed by atoms with van der Waals surface area (Å²) in [5.41, 5.74) is 1.43. The third-order valence-corrected chi connectivity index (χ3v) is 2.84. The Bertz CT molecular complexity index is 743. The normalized spacial score (nSPS) is 10.0. The number of ether oxygens (including phenoxy) is 1. The second-order valence-electron chi connectivity index (χ2n) is 4.46. The van der Waals surface area contributed by atoms with Crippen LogP contribution < -0.4 is 4.74 Å². The van der Waals surface area contributed by atoms with Crippen LogP contribution in [0.2, 0.25) is 0 Å². The number of rotatable bonds is 3. The molecule has 0 amide bonds. The van der Waals surface area contributed by atoms with Gasteiger partial charge in [0.05, 0.1) is 17.8 Å². The standard InChI is InChI=1S/C15H11FN2O3/c1-8-3-10(6-17)4-9(2)13(8)21-14-12(15(19)20)5-11(16)7-18-14/h3-5,7H,1-2H3,(H,19,20). The Hall–Kier alpha value is -2.94. The van der Waals surface area contributed by atoms with E-state index < -0.39 is 11.8 Å². The lowest BCUT2D eigenvalue weighted by Crippen LogP contribution is -2.04. The molecule has 0 saturated carbocycles. The number of benzene rings is 1. The molecular formula is C15H11FN2O3. The highest BCUT2D eigenvalue weighted by molar-refractivity contribution is 5.90. The molecule has 6 heteroatoms. The van der Waals surface area contributed by atoms with Crippen molar-refractivity contribution in [3.8, 4) is 17.7 Å². The van der Waals surface area contributed by atoms with Crippen molar-refractivity contribution in [1.82, 2.24) is 4.98 Å². The molecule has 0 aliphatic carbocycles. The summed E-state index contributed by atoms with van der Waals surface area (Å²) >= 11 is 0. The summed E-state index contributed by atoms with van der Waals surface area (Å²) in [6.07, 6.45) is 0.885. The average molecular weight is 286 g/mol. The predicted molar refractivity (Wildman–Crippen MR) is 71.9 cm³/mol. The lowest BCUT2D eigenvalue weighted by Gasteiger charge is -2.12. The highest BCUT2D eigenvalue weighted by Gasteiger charge is 2.17. The highest BCUT2D eigenvalue weighted by atomic mass is 19.1. The molecule has 0 unspecified atom stereocenters. The molecular weight excluding hydrogens is 275 g/mol. The van der Waals surface area contributed by atoms with Crippen molar-refractivity contribution < 1.29 is 19.0 Å². The van der Waals surface area contributed by atoms with Gasteiger partial charge in [-0.3, -0.25) is 0 Å². The second-order valence-corrected chi connectivity index (χ2v) is 4.46. The fourth-order valence-electron chi connectivity index (χ4n) is 1.93. The number of nitriles is 1. The van der Waals surface area contributed by atoms with Gasteiger partial charge in [0.2, 0.25) is 5.88 Å². The fraction of sp³-hybridized carbons (Fsp3) is 0.133. The number of carbonyl (C=O) groups is 1. The molecule has 106 valence electrons. The van der Waals surface area contributed by atoms with E-state index in [-0.39, 0.29) is 11.4 Å². The highest BCUT2D eigenvalue weighted by Crippen LogP contribution is 2.30. The van der Waals surface area contributed by atoms with E-state index in [2.05, 4.69) is 4.98 Å². The molecule has 0 spiro atoms. The molecule has 0 saturated heterocycles. The van der Waals surface area contributed by atoms with Crippen LogP contribution in [0.3, 0.4) is 0 Å². The Morgan fingerprint density at radius 2 is 1.95 bits per heavy atom. The lowest BCUT2D eigenvalue weighted by atomic mass is 10.1. The van der Waals surface area contributed by atoms with Gasteiger partial charge in [-0.1, -0.05) is 0 Å². The van der Waals surface area contributed by atoms with Gasteiger partial charge in [0.1, 0.15) is 17.1 Å². The first-order chi connectivity index (χ1) is 9.92. The number of hydrogen-bond acceptors (Lipinski definition) is 4. The summed E-state index contributed by atoms with van der Waals surface area (Å²) in [5.74, 6) is -1.88. The van der Waals surface area contributed by atoms with Crippen molar-refractivity contribution in [3.05, 3.63) is 52.5 Å². The maximum atomic E-state index is 13.1. The Morgan fingerprint density at radius 1 is 1.33 bits per heavy atom. The fourth-order valence-corrected chi connectivity index (χ4v) is 1.93. The van der Waals surface area contributed by atoms with Gasteiger partial charge < -0.3 is 9.84 Å². The molecule has 1 heterocycles. The molecule has 5 nitrogen and oxygen atoms in total. The van der Waals surface area contributed by atoms with Crippen molar-refractivity contribution in [3.63, 3.8) is 0 Å². The molecule has 1 N–H and O–H groups in total. The summed E-state index contributed by atoms with van der Waals surface area (Å²) in [6.45, 7) is 3.46. The molecule has 2 aromatic rings. The predicted octanol–water partition coefficient (Wildman–Crippen LogP) is 3.20. The van der Waals surface area contributed by atoms with E-state index in [1.54, 1.807) is 26.0 Å². The third kappa shape index (κ3) is 2.98. The quantitative estimate of drug-likeness (QED) is 0.936. The van der Waals surface area contributed by atoms with Crippen LogP contribution in [0.25, 0.3) is 0 Å². The number of aryl methyl sites for hydroxylation is 2. The molecule has 1 aromatic carbocycles. The van der Waals surface area contributed by atoms with Crippen molar-refractivity contribution in [2.24, 2.45) is 0 Å². The molecule has 0 bridgehead atoms. The zero-order chi connectivity index (χ0) is 15.6. The Morgan fingerprint density at radius 3 is 2.48 bits per heavy atom. The smallest absolute Gasteiger partial charge is 0.341 e. The van der Waals surface area contributed by atoms with Crippen LogP contribution >= 0.6 is 0 Å². The number of hydrogen-bond donors (Lipinski definition) is 1. The number of pyridine rings is 1. The monoisotopic (exact) mass is 286 g/mol. The van der Waals surface area contributed by atoms with Crippen LogP contribution in [0.1, 0.15) is 27.0 Å². The van der Waals surface area contributed by atoms with Gasteiger partial charge in [-0.2, -0.15) is 5.26 Å². The average Bonchev–Trinajstić information content (AvgIpc) is 2.43. The van der Waals surface area contributed by atoms with Crippen LogP contribution in [0.5, 0.6) is 11.6 Å². The molecule has 21 heavy (non-hydrogen) atoms. The zero-order valence-corrected chi connectivity index (χ0v) is 11.3. The first-order valence-electron chi connectivity index (χ1n) is 6.00. The van der Waals surface area contributed by atoms with Gasteiger partial charge >= 0.3 is 5.97 Å². The second kappa shape index (κ2) is 5.59. The minimum absolute atomic E-state index is 0.195. The van der Waals surface area contributed by atoms with Crippen molar-refractivity contribution in [1.29, 1.82) is 5.26 Å². The molecule has 0 atom stereocenters. The topological polar surface area (TPSA) is 83.2 Å². The van der Waals surface area contributed by atoms with E-state index in [4.69, 9.17) is 15.1 Å². The molecule has 0 fully saturated rings. The minimum Gasteiger partial charge on any atom is -0.477 e. The summed E-state index contributed by atoms with van der Waals surface area (Å²) in [4.78, 5) is 14.8. The lowest BCUT2D eigenvalue weighted by molar-refractivity contribution is 0.0692. The van der Waals surface area contributed by atoms with Crippen LogP contribution in [0.15, 0.2) is 24.4 Å². The van der Waals surface area contributed by atoms with E-state index in [1.165, 1.54) is 0 Å².